The van der Waals surface area contributed by atoms with Gasteiger partial charge in [-0.2, -0.15) is 18.3 Å². The number of alkyl halides is 3. The third-order valence-electron chi connectivity index (χ3n) is 3.86. The first-order valence-corrected chi connectivity index (χ1v) is 8.07. The van der Waals surface area contributed by atoms with Crippen molar-refractivity contribution in [3.05, 3.63) is 76.7 Å². The van der Waals surface area contributed by atoms with Gasteiger partial charge in [-0.3, -0.25) is 0 Å². The molecule has 0 saturated heterocycles. The standard InChI is InChI=1S/C19H16F3N3O2/c1-12-9-13(2)25(24-12)17-8-5-15(10-23-17)18(26)27-11-14-3-6-16(7-4-14)19(20,21)22/h3-10H,11H2,1-2H3. The number of hydrogen-bond donors (Lipinski definition) is 0. The van der Waals surface area contributed by atoms with Crippen LogP contribution in [0, 0.1) is 13.8 Å². The molecule has 27 heavy (non-hydrogen) atoms. The molecule has 0 spiro atoms. The summed E-state index contributed by atoms with van der Waals surface area (Å²) in [6, 6.07) is 9.58. The van der Waals surface area contributed by atoms with Gasteiger partial charge in [0.05, 0.1) is 16.8 Å². The van der Waals surface area contributed by atoms with Gasteiger partial charge in [0.25, 0.3) is 0 Å². The van der Waals surface area contributed by atoms with E-state index in [1.807, 2.05) is 19.9 Å². The van der Waals surface area contributed by atoms with Crippen molar-refractivity contribution in [1.82, 2.24) is 14.8 Å². The first-order valence-electron chi connectivity index (χ1n) is 8.07. The van der Waals surface area contributed by atoms with E-state index in [9.17, 15) is 18.0 Å². The van der Waals surface area contributed by atoms with Gasteiger partial charge < -0.3 is 4.74 Å². The Morgan fingerprint density at radius 1 is 1.11 bits per heavy atom. The lowest BCUT2D eigenvalue weighted by Gasteiger charge is -2.09. The van der Waals surface area contributed by atoms with E-state index in [0.29, 0.717) is 11.4 Å². The third kappa shape index (κ3) is 4.33. The number of carbonyl (C=O) groups excluding carboxylic acids is 1. The van der Waals surface area contributed by atoms with E-state index in [2.05, 4.69) is 10.1 Å². The zero-order valence-electron chi connectivity index (χ0n) is 14.6. The highest BCUT2D eigenvalue weighted by molar-refractivity contribution is 5.89. The van der Waals surface area contributed by atoms with Gasteiger partial charge in [-0.15, -0.1) is 0 Å². The molecule has 2 heterocycles. The van der Waals surface area contributed by atoms with Gasteiger partial charge in [-0.05, 0) is 49.7 Å². The molecule has 0 aliphatic carbocycles. The summed E-state index contributed by atoms with van der Waals surface area (Å²) in [5, 5.41) is 4.31. The number of ether oxygens (including phenoxy) is 1. The fourth-order valence-electron chi connectivity index (χ4n) is 2.52. The molecule has 5 nitrogen and oxygen atoms in total. The number of aromatic nitrogens is 3. The molecule has 0 amide bonds. The second kappa shape index (κ2) is 7.22. The van der Waals surface area contributed by atoms with Crippen molar-refractivity contribution in [3.8, 4) is 5.82 Å². The lowest BCUT2D eigenvalue weighted by molar-refractivity contribution is -0.137. The van der Waals surface area contributed by atoms with Crippen LogP contribution in [0.4, 0.5) is 13.2 Å². The minimum Gasteiger partial charge on any atom is -0.457 e. The van der Waals surface area contributed by atoms with Crippen LogP contribution >= 0.6 is 0 Å². The van der Waals surface area contributed by atoms with Crippen molar-refractivity contribution >= 4 is 5.97 Å². The van der Waals surface area contributed by atoms with Crippen molar-refractivity contribution in [2.75, 3.05) is 0 Å². The van der Waals surface area contributed by atoms with Crippen molar-refractivity contribution in [2.45, 2.75) is 26.6 Å². The monoisotopic (exact) mass is 375 g/mol. The maximum atomic E-state index is 12.5. The summed E-state index contributed by atoms with van der Waals surface area (Å²) in [5.74, 6) is -0.0396. The Kier molecular flexibility index (Phi) is 4.98. The second-order valence-electron chi connectivity index (χ2n) is 6.01. The average molecular weight is 375 g/mol. The number of pyridine rings is 1. The highest BCUT2D eigenvalue weighted by atomic mass is 19.4. The van der Waals surface area contributed by atoms with E-state index in [1.165, 1.54) is 18.3 Å². The zero-order valence-corrected chi connectivity index (χ0v) is 14.6. The van der Waals surface area contributed by atoms with Gasteiger partial charge >= 0.3 is 12.1 Å². The Balaban J connectivity index is 1.64. The summed E-state index contributed by atoms with van der Waals surface area (Å²) < 4.78 is 44.4. The van der Waals surface area contributed by atoms with Gasteiger partial charge in [0.2, 0.25) is 0 Å². The maximum Gasteiger partial charge on any atom is 0.416 e. The van der Waals surface area contributed by atoms with Crippen LogP contribution < -0.4 is 0 Å². The van der Waals surface area contributed by atoms with Gasteiger partial charge in [0, 0.05) is 11.9 Å². The van der Waals surface area contributed by atoms with E-state index in [1.54, 1.807) is 16.8 Å². The Morgan fingerprint density at radius 2 is 1.81 bits per heavy atom. The molecule has 3 rings (SSSR count). The largest absolute Gasteiger partial charge is 0.457 e. The van der Waals surface area contributed by atoms with E-state index in [4.69, 9.17) is 4.74 Å². The van der Waals surface area contributed by atoms with Gasteiger partial charge in [0.15, 0.2) is 5.82 Å². The molecule has 0 unspecified atom stereocenters. The molecule has 0 radical (unpaired) electrons. The zero-order chi connectivity index (χ0) is 19.6. The van der Waals surface area contributed by atoms with Crippen LogP contribution in [0.3, 0.4) is 0 Å². The average Bonchev–Trinajstić information content (AvgIpc) is 2.97. The van der Waals surface area contributed by atoms with Crippen LogP contribution in [0.1, 0.15) is 32.9 Å². The topological polar surface area (TPSA) is 57.0 Å². The van der Waals surface area contributed by atoms with Crippen molar-refractivity contribution in [2.24, 2.45) is 0 Å². The molecular formula is C19H16F3N3O2. The number of esters is 1. The molecule has 0 fully saturated rings. The quantitative estimate of drug-likeness (QED) is 0.640. The molecule has 0 N–H and O–H groups in total. The van der Waals surface area contributed by atoms with E-state index in [0.717, 1.165) is 23.5 Å². The lowest BCUT2D eigenvalue weighted by Crippen LogP contribution is -2.08. The van der Waals surface area contributed by atoms with Gasteiger partial charge in [-0.1, -0.05) is 12.1 Å². The molecule has 8 heteroatoms. The normalized spacial score (nSPS) is 11.4. The number of nitrogens with zero attached hydrogens (tertiary/aromatic N) is 3. The first kappa shape index (κ1) is 18.6. The van der Waals surface area contributed by atoms with Crippen molar-refractivity contribution < 1.29 is 22.7 Å². The fraction of sp³-hybridized carbons (Fsp3) is 0.211. The number of aryl methyl sites for hydroxylation is 2. The first-order chi connectivity index (χ1) is 12.7. The third-order valence-corrected chi connectivity index (χ3v) is 3.86. The number of rotatable bonds is 4. The maximum absolute atomic E-state index is 12.5. The summed E-state index contributed by atoms with van der Waals surface area (Å²) in [6.07, 6.45) is -3.02. The summed E-state index contributed by atoms with van der Waals surface area (Å²) in [7, 11) is 0. The second-order valence-corrected chi connectivity index (χ2v) is 6.01. The summed E-state index contributed by atoms with van der Waals surface area (Å²) in [5.41, 5.74) is 1.73. The lowest BCUT2D eigenvalue weighted by atomic mass is 10.1. The van der Waals surface area contributed by atoms with E-state index in [-0.39, 0.29) is 12.2 Å². The SMILES string of the molecule is Cc1cc(C)n(-c2ccc(C(=O)OCc3ccc(C(F)(F)F)cc3)cn2)n1. The van der Waals surface area contributed by atoms with Crippen molar-refractivity contribution in [1.29, 1.82) is 0 Å². The van der Waals surface area contributed by atoms with Crippen LogP contribution in [-0.2, 0) is 17.5 Å². The fourth-order valence-corrected chi connectivity index (χ4v) is 2.52. The Bertz CT molecular complexity index is 946. The van der Waals surface area contributed by atoms with Crippen molar-refractivity contribution in [3.63, 3.8) is 0 Å². The molecule has 3 aromatic rings. The number of carbonyl (C=O) groups is 1. The van der Waals surface area contributed by atoms with Crippen LogP contribution in [0.15, 0.2) is 48.7 Å². The Morgan fingerprint density at radius 3 is 2.33 bits per heavy atom. The Hall–Kier alpha value is -3.16. The smallest absolute Gasteiger partial charge is 0.416 e. The predicted molar refractivity (Wildman–Crippen MR) is 91.4 cm³/mol. The highest BCUT2D eigenvalue weighted by Crippen LogP contribution is 2.29. The van der Waals surface area contributed by atoms with Gasteiger partial charge in [-0.25, -0.2) is 14.5 Å². The molecule has 1 aromatic carbocycles. The van der Waals surface area contributed by atoms with E-state index >= 15 is 0 Å². The van der Waals surface area contributed by atoms with Crippen LogP contribution in [0.2, 0.25) is 0 Å². The molecular weight excluding hydrogens is 359 g/mol. The van der Waals surface area contributed by atoms with Crippen LogP contribution in [0.5, 0.6) is 0 Å². The van der Waals surface area contributed by atoms with Crippen LogP contribution in [0.25, 0.3) is 5.82 Å². The van der Waals surface area contributed by atoms with E-state index < -0.39 is 17.7 Å². The minimum absolute atomic E-state index is 0.129. The summed E-state index contributed by atoms with van der Waals surface area (Å²) in [6.45, 7) is 3.64. The number of halogens is 3. The number of benzene rings is 1. The summed E-state index contributed by atoms with van der Waals surface area (Å²) in [4.78, 5) is 16.3. The predicted octanol–water partition coefficient (Wildman–Crippen LogP) is 4.26. The molecule has 0 aliphatic rings. The van der Waals surface area contributed by atoms with Gasteiger partial charge in [0.1, 0.15) is 6.61 Å². The minimum atomic E-state index is -4.39. The molecule has 0 bridgehead atoms. The number of hydrogen-bond acceptors (Lipinski definition) is 4. The molecule has 0 atom stereocenters. The molecule has 140 valence electrons. The molecule has 0 aliphatic heterocycles. The molecule has 2 aromatic heterocycles. The molecule has 0 saturated carbocycles. The summed E-state index contributed by atoms with van der Waals surface area (Å²) >= 11 is 0. The highest BCUT2D eigenvalue weighted by Gasteiger charge is 2.29. The van der Waals surface area contributed by atoms with Crippen LogP contribution in [-0.4, -0.2) is 20.7 Å². The Labute approximate surface area is 153 Å².